The number of hydrogen-bond acceptors (Lipinski definition) is 5. The number of hydrogen-bond donors (Lipinski definition) is 1. The molecule has 30 heavy (non-hydrogen) atoms. The van der Waals surface area contributed by atoms with Crippen molar-refractivity contribution < 1.29 is 13.2 Å². The van der Waals surface area contributed by atoms with E-state index < -0.39 is 10.0 Å². The van der Waals surface area contributed by atoms with Gasteiger partial charge in [0.2, 0.25) is 10.0 Å². The molecule has 166 valence electrons. The normalized spacial score (nSPS) is 27.4. The van der Waals surface area contributed by atoms with Crippen LogP contribution in [0.2, 0.25) is 0 Å². The van der Waals surface area contributed by atoms with E-state index in [2.05, 4.69) is 52.4 Å². The van der Waals surface area contributed by atoms with Gasteiger partial charge in [0, 0.05) is 45.8 Å². The van der Waals surface area contributed by atoms with E-state index in [9.17, 15) is 8.42 Å². The Balaban J connectivity index is 1.39. The maximum atomic E-state index is 12.0. The van der Waals surface area contributed by atoms with Gasteiger partial charge in [-0.1, -0.05) is 30.3 Å². The number of nitrogens with one attached hydrogen (secondary N) is 1. The third kappa shape index (κ3) is 4.96. The molecule has 0 saturated carbocycles. The minimum Gasteiger partial charge on any atom is -0.373 e. The van der Waals surface area contributed by atoms with Gasteiger partial charge < -0.3 is 15.0 Å². The molecule has 0 aliphatic carbocycles. The first-order chi connectivity index (χ1) is 14.6. The fourth-order valence-corrected chi connectivity index (χ4v) is 6.10. The molecular weight excluding hydrogens is 402 g/mol. The van der Waals surface area contributed by atoms with Gasteiger partial charge in [0.25, 0.3) is 0 Å². The zero-order chi connectivity index (χ0) is 21.0. The summed E-state index contributed by atoms with van der Waals surface area (Å²) in [5.41, 5.74) is 1.32. The van der Waals surface area contributed by atoms with E-state index in [1.807, 2.05) is 0 Å². The molecule has 8 nitrogen and oxygen atoms in total. The van der Waals surface area contributed by atoms with Crippen molar-refractivity contribution in [2.75, 3.05) is 58.2 Å². The van der Waals surface area contributed by atoms with E-state index in [1.165, 1.54) is 5.56 Å². The lowest BCUT2D eigenvalue weighted by atomic mass is 10.1. The van der Waals surface area contributed by atoms with E-state index in [1.54, 1.807) is 4.31 Å². The van der Waals surface area contributed by atoms with Crippen molar-refractivity contribution in [1.29, 1.82) is 0 Å². The van der Waals surface area contributed by atoms with E-state index in [4.69, 9.17) is 9.73 Å². The number of guanidine groups is 1. The third-order valence-corrected chi connectivity index (χ3v) is 8.05. The topological polar surface area (TPSA) is 77.5 Å². The summed E-state index contributed by atoms with van der Waals surface area (Å²) in [5, 5.41) is 3.38. The summed E-state index contributed by atoms with van der Waals surface area (Å²) in [6, 6.07) is 10.9. The zero-order valence-corrected chi connectivity index (χ0v) is 18.6. The van der Waals surface area contributed by atoms with Crippen molar-refractivity contribution in [2.45, 2.75) is 32.0 Å². The molecule has 1 aromatic rings. The summed E-state index contributed by atoms with van der Waals surface area (Å²) >= 11 is 0. The molecule has 0 amide bonds. The Hall–Kier alpha value is -1.68. The van der Waals surface area contributed by atoms with E-state index in [0.717, 1.165) is 51.7 Å². The van der Waals surface area contributed by atoms with Crippen molar-refractivity contribution in [1.82, 2.24) is 19.4 Å². The molecule has 2 atom stereocenters. The Kier molecular flexibility index (Phi) is 6.92. The molecule has 1 aromatic carbocycles. The summed E-state index contributed by atoms with van der Waals surface area (Å²) in [5.74, 6) is 1.12. The first kappa shape index (κ1) is 21.5. The highest BCUT2D eigenvalue weighted by Crippen LogP contribution is 2.24. The number of likely N-dealkylation sites (tertiary alicyclic amines) is 1. The largest absolute Gasteiger partial charge is 0.373 e. The third-order valence-electron chi connectivity index (χ3n) is 6.09. The number of sulfonamides is 1. The van der Waals surface area contributed by atoms with Crippen LogP contribution < -0.4 is 5.32 Å². The van der Waals surface area contributed by atoms with Crippen LogP contribution >= 0.6 is 0 Å². The molecule has 3 heterocycles. The van der Waals surface area contributed by atoms with Crippen LogP contribution in [0.15, 0.2) is 35.3 Å². The lowest BCUT2D eigenvalue weighted by Gasteiger charge is -2.36. The van der Waals surface area contributed by atoms with Crippen LogP contribution in [0.3, 0.4) is 0 Å². The first-order valence-corrected chi connectivity index (χ1v) is 12.6. The molecule has 0 radical (unpaired) electrons. The number of benzene rings is 1. The summed E-state index contributed by atoms with van der Waals surface area (Å²) < 4.78 is 31.7. The fraction of sp³-hybridized carbons (Fsp3) is 0.667. The maximum absolute atomic E-state index is 12.0. The highest BCUT2D eigenvalue weighted by molar-refractivity contribution is 7.89. The molecule has 9 heteroatoms. The maximum Gasteiger partial charge on any atom is 0.214 e. The number of nitrogens with zero attached hydrogens (tertiary/aromatic N) is 4. The highest BCUT2D eigenvalue weighted by Gasteiger charge is 2.41. The zero-order valence-electron chi connectivity index (χ0n) is 17.7. The second kappa shape index (κ2) is 9.64. The lowest BCUT2D eigenvalue weighted by molar-refractivity contribution is -0.0502. The number of ether oxygens (including phenoxy) is 1. The van der Waals surface area contributed by atoms with Crippen LogP contribution in [0.1, 0.15) is 18.9 Å². The Bertz CT molecular complexity index is 832. The monoisotopic (exact) mass is 435 g/mol. The fourth-order valence-electron chi connectivity index (χ4n) is 4.58. The van der Waals surface area contributed by atoms with Crippen molar-refractivity contribution in [3.8, 4) is 0 Å². The molecule has 2 unspecified atom stereocenters. The first-order valence-electron chi connectivity index (χ1n) is 11.0. The summed E-state index contributed by atoms with van der Waals surface area (Å²) in [6.45, 7) is 8.67. The minimum atomic E-state index is -3.07. The van der Waals surface area contributed by atoms with Gasteiger partial charge in [0.1, 0.15) is 0 Å². The van der Waals surface area contributed by atoms with E-state index >= 15 is 0 Å². The number of rotatable bonds is 6. The van der Waals surface area contributed by atoms with Crippen molar-refractivity contribution in [3.05, 3.63) is 35.9 Å². The minimum absolute atomic E-state index is 0.172. The lowest BCUT2D eigenvalue weighted by Crippen LogP contribution is -2.50. The summed E-state index contributed by atoms with van der Waals surface area (Å²) in [7, 11) is -3.07. The van der Waals surface area contributed by atoms with Gasteiger partial charge >= 0.3 is 0 Å². The standard InChI is InChI=1S/C21H33N5O3S/c1-2-22-21(23-9-11-26-10-6-14-30(26,27)28)25-16-19-20(17-25)29-13-12-24(19)15-18-7-4-3-5-8-18/h3-5,7-8,19-20H,2,6,9-17H2,1H3,(H,22,23). The van der Waals surface area contributed by atoms with Crippen molar-refractivity contribution in [3.63, 3.8) is 0 Å². The second-order valence-electron chi connectivity index (χ2n) is 8.14. The molecule has 0 aromatic heterocycles. The van der Waals surface area contributed by atoms with Gasteiger partial charge in [-0.3, -0.25) is 9.89 Å². The van der Waals surface area contributed by atoms with Crippen LogP contribution in [0.4, 0.5) is 0 Å². The predicted molar refractivity (Wildman–Crippen MR) is 118 cm³/mol. The second-order valence-corrected chi connectivity index (χ2v) is 10.2. The van der Waals surface area contributed by atoms with Gasteiger partial charge in [-0.2, -0.15) is 0 Å². The molecule has 4 rings (SSSR count). The quantitative estimate of drug-likeness (QED) is 0.520. The van der Waals surface area contributed by atoms with E-state index in [0.29, 0.717) is 25.7 Å². The number of fused-ring (bicyclic) bond motifs is 1. The van der Waals surface area contributed by atoms with Gasteiger partial charge in [-0.25, -0.2) is 12.7 Å². The van der Waals surface area contributed by atoms with Gasteiger partial charge in [0.05, 0.1) is 31.1 Å². The average molecular weight is 436 g/mol. The SMILES string of the molecule is CCNC(=NCCN1CCCS1(=O)=O)N1CC2OCCN(Cc3ccccc3)C2C1. The summed E-state index contributed by atoms with van der Waals surface area (Å²) in [6.07, 6.45) is 0.890. The Morgan fingerprint density at radius 3 is 2.80 bits per heavy atom. The molecule has 1 N–H and O–H groups in total. The predicted octanol–water partition coefficient (Wildman–Crippen LogP) is 0.573. The molecule has 3 saturated heterocycles. The van der Waals surface area contributed by atoms with Gasteiger partial charge in [-0.15, -0.1) is 0 Å². The smallest absolute Gasteiger partial charge is 0.214 e. The van der Waals surface area contributed by atoms with Crippen molar-refractivity contribution >= 4 is 16.0 Å². The Labute approximate surface area is 179 Å². The van der Waals surface area contributed by atoms with Crippen LogP contribution in [0.5, 0.6) is 0 Å². The van der Waals surface area contributed by atoms with Crippen LogP contribution in [0.25, 0.3) is 0 Å². The number of aliphatic imine (C=N–C) groups is 1. The Morgan fingerprint density at radius 2 is 2.07 bits per heavy atom. The van der Waals surface area contributed by atoms with Gasteiger partial charge in [0.15, 0.2) is 5.96 Å². The molecule has 3 fully saturated rings. The molecule has 0 bridgehead atoms. The molecule has 3 aliphatic heterocycles. The average Bonchev–Trinajstić information content (AvgIpc) is 3.32. The Morgan fingerprint density at radius 1 is 1.23 bits per heavy atom. The molecule has 3 aliphatic rings. The number of morpholine rings is 1. The van der Waals surface area contributed by atoms with E-state index in [-0.39, 0.29) is 11.9 Å². The van der Waals surface area contributed by atoms with Crippen molar-refractivity contribution in [2.24, 2.45) is 4.99 Å². The highest BCUT2D eigenvalue weighted by atomic mass is 32.2. The van der Waals surface area contributed by atoms with Crippen LogP contribution in [-0.2, 0) is 21.3 Å². The summed E-state index contributed by atoms with van der Waals surface area (Å²) in [4.78, 5) is 9.52. The van der Waals surface area contributed by atoms with Crippen LogP contribution in [-0.4, -0.2) is 98.8 Å². The van der Waals surface area contributed by atoms with Gasteiger partial charge in [-0.05, 0) is 18.9 Å². The molecule has 0 spiro atoms. The molecular formula is C21H33N5O3S. The van der Waals surface area contributed by atoms with Crippen LogP contribution in [0, 0.1) is 0 Å².